The van der Waals surface area contributed by atoms with Crippen LogP contribution < -0.4 is 15.7 Å². The third-order valence-electron chi connectivity index (χ3n) is 3.80. The molecule has 1 heterocycles. The Labute approximate surface area is 154 Å². The lowest BCUT2D eigenvalue weighted by Gasteiger charge is -2.10. The fourth-order valence-corrected chi connectivity index (χ4v) is 2.51. The number of para-hydroxylation sites is 1. The average Bonchev–Trinajstić information content (AvgIpc) is 2.67. The maximum Gasteiger partial charge on any atom is 0.341 e. The van der Waals surface area contributed by atoms with Gasteiger partial charge in [0.25, 0.3) is 5.56 Å². The van der Waals surface area contributed by atoms with E-state index >= 15 is 0 Å². The zero-order valence-corrected chi connectivity index (χ0v) is 14.6. The third kappa shape index (κ3) is 4.30. The lowest BCUT2D eigenvalue weighted by atomic mass is 10.2. The number of hydrazone groups is 1. The van der Waals surface area contributed by atoms with Crippen LogP contribution in [0, 0.1) is 0 Å². The Balaban J connectivity index is 1.76. The van der Waals surface area contributed by atoms with Crippen LogP contribution in [-0.2, 0) is 11.3 Å². The number of fused-ring (bicyclic) bond motifs is 1. The highest BCUT2D eigenvalue weighted by molar-refractivity contribution is 5.81. The highest BCUT2D eigenvalue weighted by Gasteiger charge is 2.08. The summed E-state index contributed by atoms with van der Waals surface area (Å²) in [7, 11) is 0. The molecule has 8 nitrogen and oxygen atoms in total. The van der Waals surface area contributed by atoms with Crippen molar-refractivity contribution in [1.82, 2.24) is 9.55 Å². The van der Waals surface area contributed by atoms with Gasteiger partial charge < -0.3 is 9.84 Å². The largest absolute Gasteiger partial charge is 0.482 e. The summed E-state index contributed by atoms with van der Waals surface area (Å²) in [5, 5.41) is 13.3. The molecule has 2 aromatic carbocycles. The first-order chi connectivity index (χ1) is 13.1. The van der Waals surface area contributed by atoms with Crippen LogP contribution in [0.25, 0.3) is 10.9 Å². The van der Waals surface area contributed by atoms with Gasteiger partial charge in [0.2, 0.25) is 5.95 Å². The summed E-state index contributed by atoms with van der Waals surface area (Å²) in [6.07, 6.45) is 1.57. The highest BCUT2D eigenvalue weighted by Crippen LogP contribution is 2.12. The molecule has 0 bridgehead atoms. The standard InChI is InChI=1S/C19H18N4O4/c1-2-23-18(26)15-5-3-4-6-16(15)21-19(23)22-20-11-13-7-9-14(10-8-13)27-12-17(24)25/h3-11H,2,12H2,1H3,(H,21,22)(H,24,25)/b20-11-. The molecule has 0 saturated heterocycles. The number of carboxylic acid groups (broad SMARTS) is 1. The van der Waals surface area contributed by atoms with Gasteiger partial charge in [-0.25, -0.2) is 15.2 Å². The molecule has 0 atom stereocenters. The number of aromatic nitrogens is 2. The molecule has 0 aliphatic carbocycles. The number of hydrogen-bond acceptors (Lipinski definition) is 6. The fourth-order valence-electron chi connectivity index (χ4n) is 2.51. The number of rotatable bonds is 7. The van der Waals surface area contributed by atoms with Crippen molar-refractivity contribution in [1.29, 1.82) is 0 Å². The number of nitrogens with zero attached hydrogens (tertiary/aromatic N) is 3. The Kier molecular flexibility index (Phi) is 5.46. The number of nitrogens with one attached hydrogen (secondary N) is 1. The van der Waals surface area contributed by atoms with Crippen LogP contribution in [0.4, 0.5) is 5.95 Å². The molecule has 0 saturated carbocycles. The van der Waals surface area contributed by atoms with Gasteiger partial charge in [0.05, 0.1) is 17.1 Å². The lowest BCUT2D eigenvalue weighted by Crippen LogP contribution is -2.23. The number of carboxylic acids is 1. The molecule has 1 aromatic heterocycles. The minimum atomic E-state index is -1.03. The van der Waals surface area contributed by atoms with E-state index in [0.29, 0.717) is 29.1 Å². The summed E-state index contributed by atoms with van der Waals surface area (Å²) in [6.45, 7) is 1.93. The van der Waals surface area contributed by atoms with Crippen molar-refractivity contribution >= 4 is 29.0 Å². The average molecular weight is 366 g/mol. The third-order valence-corrected chi connectivity index (χ3v) is 3.80. The number of hydrogen-bond donors (Lipinski definition) is 2. The number of aliphatic carboxylic acids is 1. The van der Waals surface area contributed by atoms with E-state index in [1.807, 2.05) is 13.0 Å². The number of carbonyl (C=O) groups is 1. The Hall–Kier alpha value is -3.68. The molecule has 27 heavy (non-hydrogen) atoms. The molecule has 3 rings (SSSR count). The Morgan fingerprint density at radius 1 is 1.26 bits per heavy atom. The summed E-state index contributed by atoms with van der Waals surface area (Å²) in [4.78, 5) is 27.5. The molecule has 0 aliphatic rings. The van der Waals surface area contributed by atoms with Gasteiger partial charge in [0, 0.05) is 6.54 Å². The van der Waals surface area contributed by atoms with E-state index in [0.717, 1.165) is 5.56 Å². The van der Waals surface area contributed by atoms with Gasteiger partial charge in [0.15, 0.2) is 6.61 Å². The monoisotopic (exact) mass is 366 g/mol. The van der Waals surface area contributed by atoms with Gasteiger partial charge in [-0.1, -0.05) is 12.1 Å². The van der Waals surface area contributed by atoms with Crippen molar-refractivity contribution in [3.8, 4) is 5.75 Å². The van der Waals surface area contributed by atoms with E-state index in [1.54, 1.807) is 48.7 Å². The summed E-state index contributed by atoms with van der Waals surface area (Å²) in [6, 6.07) is 13.9. The first-order valence-electron chi connectivity index (χ1n) is 8.32. The summed E-state index contributed by atoms with van der Waals surface area (Å²) < 4.78 is 6.59. The van der Waals surface area contributed by atoms with Crippen LogP contribution in [0.15, 0.2) is 58.4 Å². The van der Waals surface area contributed by atoms with Gasteiger partial charge in [-0.05, 0) is 48.9 Å². The van der Waals surface area contributed by atoms with E-state index in [9.17, 15) is 9.59 Å². The molecule has 3 aromatic rings. The van der Waals surface area contributed by atoms with Gasteiger partial charge in [-0.15, -0.1) is 0 Å². The van der Waals surface area contributed by atoms with Crippen molar-refractivity contribution in [2.75, 3.05) is 12.0 Å². The van der Waals surface area contributed by atoms with Crippen LogP contribution in [0.3, 0.4) is 0 Å². The van der Waals surface area contributed by atoms with Gasteiger partial charge in [-0.2, -0.15) is 5.10 Å². The molecule has 0 spiro atoms. The molecule has 0 fully saturated rings. The quantitative estimate of drug-likeness (QED) is 0.491. The minimum Gasteiger partial charge on any atom is -0.482 e. The van der Waals surface area contributed by atoms with Crippen molar-refractivity contribution in [2.45, 2.75) is 13.5 Å². The molecular weight excluding hydrogens is 348 g/mol. The first-order valence-corrected chi connectivity index (χ1v) is 8.32. The number of anilines is 1. The van der Waals surface area contributed by atoms with Gasteiger partial charge in [-0.3, -0.25) is 9.36 Å². The van der Waals surface area contributed by atoms with Crippen molar-refractivity contribution in [3.05, 3.63) is 64.4 Å². The Morgan fingerprint density at radius 2 is 2.00 bits per heavy atom. The van der Waals surface area contributed by atoms with Crippen LogP contribution in [0.2, 0.25) is 0 Å². The van der Waals surface area contributed by atoms with Crippen LogP contribution >= 0.6 is 0 Å². The second-order valence-corrected chi connectivity index (χ2v) is 5.62. The highest BCUT2D eigenvalue weighted by atomic mass is 16.5. The molecule has 0 amide bonds. The topological polar surface area (TPSA) is 106 Å². The van der Waals surface area contributed by atoms with E-state index in [-0.39, 0.29) is 5.56 Å². The molecular formula is C19H18N4O4. The zero-order chi connectivity index (χ0) is 19.2. The van der Waals surface area contributed by atoms with Crippen LogP contribution in [0.5, 0.6) is 5.75 Å². The second kappa shape index (κ2) is 8.13. The minimum absolute atomic E-state index is 0.124. The number of benzene rings is 2. The maximum atomic E-state index is 12.5. The normalized spacial score (nSPS) is 11.0. The second-order valence-electron chi connectivity index (χ2n) is 5.62. The van der Waals surface area contributed by atoms with Gasteiger partial charge >= 0.3 is 5.97 Å². The van der Waals surface area contributed by atoms with E-state index in [1.165, 1.54) is 4.57 Å². The molecule has 138 valence electrons. The van der Waals surface area contributed by atoms with E-state index < -0.39 is 12.6 Å². The summed E-state index contributed by atoms with van der Waals surface area (Å²) in [5.41, 5.74) is 4.06. The predicted octanol–water partition coefficient (Wildman–Crippen LogP) is 2.33. The van der Waals surface area contributed by atoms with E-state index in [2.05, 4.69) is 15.5 Å². The first kappa shape index (κ1) is 18.1. The van der Waals surface area contributed by atoms with Crippen molar-refractivity contribution < 1.29 is 14.6 Å². The lowest BCUT2D eigenvalue weighted by molar-refractivity contribution is -0.139. The maximum absolute atomic E-state index is 12.5. The fraction of sp³-hybridized carbons (Fsp3) is 0.158. The smallest absolute Gasteiger partial charge is 0.341 e. The summed E-state index contributed by atoms with van der Waals surface area (Å²) >= 11 is 0. The molecule has 2 N–H and O–H groups in total. The van der Waals surface area contributed by atoms with Crippen LogP contribution in [0.1, 0.15) is 12.5 Å². The summed E-state index contributed by atoms with van der Waals surface area (Å²) in [5.74, 6) is -0.216. The van der Waals surface area contributed by atoms with Crippen molar-refractivity contribution in [3.63, 3.8) is 0 Å². The molecule has 0 unspecified atom stereocenters. The zero-order valence-electron chi connectivity index (χ0n) is 14.6. The number of ether oxygens (including phenoxy) is 1. The van der Waals surface area contributed by atoms with E-state index in [4.69, 9.17) is 9.84 Å². The van der Waals surface area contributed by atoms with Gasteiger partial charge in [0.1, 0.15) is 5.75 Å². The SMILES string of the molecule is CCn1c(N/N=C\c2ccc(OCC(=O)O)cc2)nc2ccccc2c1=O. The molecule has 0 aliphatic heterocycles. The molecule has 0 radical (unpaired) electrons. The van der Waals surface area contributed by atoms with Crippen LogP contribution in [-0.4, -0.2) is 33.4 Å². The molecule has 8 heteroatoms. The predicted molar refractivity (Wildman–Crippen MR) is 102 cm³/mol. The van der Waals surface area contributed by atoms with Crippen molar-refractivity contribution in [2.24, 2.45) is 5.10 Å². The Morgan fingerprint density at radius 3 is 2.70 bits per heavy atom. The Bertz CT molecular complexity index is 1040.